The predicted molar refractivity (Wildman–Crippen MR) is 81.9 cm³/mol. The van der Waals surface area contributed by atoms with Gasteiger partial charge in [0.25, 0.3) is 5.91 Å². The first-order valence-corrected chi connectivity index (χ1v) is 6.87. The van der Waals surface area contributed by atoms with Gasteiger partial charge in [0, 0.05) is 28.4 Å². The molecule has 0 aliphatic carbocycles. The molecule has 1 aliphatic heterocycles. The lowest BCUT2D eigenvalue weighted by atomic mass is 10.0. The zero-order chi connectivity index (χ0) is 15.7. The molecule has 2 rings (SSSR count). The molecule has 4 nitrogen and oxygen atoms in total. The van der Waals surface area contributed by atoms with E-state index in [9.17, 15) is 9.59 Å². The molecular formula is C15H13Cl2NO3. The Morgan fingerprint density at radius 2 is 1.86 bits per heavy atom. The third kappa shape index (κ3) is 2.69. The topological polar surface area (TPSA) is 46.6 Å². The number of hydrogen-bond acceptors (Lipinski definition) is 3. The summed E-state index contributed by atoms with van der Waals surface area (Å²) in [6, 6.07) is 5.03. The molecule has 0 fully saturated rings. The zero-order valence-electron chi connectivity index (χ0n) is 11.7. The number of benzene rings is 1. The number of likely N-dealkylation sites (N-methyl/N-ethyl adjacent to an activating group) is 1. The molecular weight excluding hydrogens is 313 g/mol. The summed E-state index contributed by atoms with van der Waals surface area (Å²) in [5.41, 5.74) is 1.47. The van der Waals surface area contributed by atoms with Crippen molar-refractivity contribution in [3.8, 4) is 0 Å². The van der Waals surface area contributed by atoms with Crippen molar-refractivity contribution in [1.82, 2.24) is 4.90 Å². The summed E-state index contributed by atoms with van der Waals surface area (Å²) < 4.78 is 4.75. The average Bonchev–Trinajstić information content (AvgIpc) is 2.66. The number of allylic oxidation sites excluding steroid dienone is 1. The van der Waals surface area contributed by atoms with E-state index in [1.165, 1.54) is 18.1 Å². The fourth-order valence-corrected chi connectivity index (χ4v) is 2.60. The van der Waals surface area contributed by atoms with Gasteiger partial charge in [-0.15, -0.1) is 0 Å². The van der Waals surface area contributed by atoms with Gasteiger partial charge in [-0.1, -0.05) is 29.3 Å². The normalized spacial score (nSPS) is 16.9. The number of hydrogen-bond donors (Lipinski definition) is 0. The molecule has 0 atom stereocenters. The SMILES string of the molecule is COC(=O)C1=C(C)N(C)C(=O)C1=Cc1c(Cl)cccc1Cl. The first-order chi connectivity index (χ1) is 9.88. The lowest BCUT2D eigenvalue weighted by molar-refractivity contribution is -0.136. The summed E-state index contributed by atoms with van der Waals surface area (Å²) in [7, 11) is 2.86. The van der Waals surface area contributed by atoms with Crippen molar-refractivity contribution in [3.63, 3.8) is 0 Å². The third-order valence-corrected chi connectivity index (χ3v) is 4.01. The summed E-state index contributed by atoms with van der Waals surface area (Å²) >= 11 is 12.2. The Morgan fingerprint density at radius 3 is 2.38 bits per heavy atom. The lowest BCUT2D eigenvalue weighted by Crippen LogP contribution is -2.19. The van der Waals surface area contributed by atoms with Gasteiger partial charge in [0.2, 0.25) is 0 Å². The first kappa shape index (κ1) is 15.6. The van der Waals surface area contributed by atoms with Crippen LogP contribution in [0.1, 0.15) is 12.5 Å². The standard InChI is InChI=1S/C15H13Cl2NO3/c1-8-13(15(20)21-3)10(14(19)18(8)2)7-9-11(16)5-4-6-12(9)17/h4-7H,1-3H3. The van der Waals surface area contributed by atoms with Gasteiger partial charge < -0.3 is 9.64 Å². The van der Waals surface area contributed by atoms with Gasteiger partial charge in [0.05, 0.1) is 18.3 Å². The maximum absolute atomic E-state index is 12.3. The van der Waals surface area contributed by atoms with Crippen LogP contribution in [0, 0.1) is 0 Å². The van der Waals surface area contributed by atoms with Crippen LogP contribution in [0.3, 0.4) is 0 Å². The van der Waals surface area contributed by atoms with E-state index < -0.39 is 5.97 Å². The van der Waals surface area contributed by atoms with Crippen LogP contribution >= 0.6 is 23.2 Å². The van der Waals surface area contributed by atoms with Gasteiger partial charge >= 0.3 is 5.97 Å². The monoisotopic (exact) mass is 325 g/mol. The van der Waals surface area contributed by atoms with E-state index in [-0.39, 0.29) is 17.1 Å². The second-order valence-electron chi connectivity index (χ2n) is 4.51. The molecule has 6 heteroatoms. The summed E-state index contributed by atoms with van der Waals surface area (Å²) in [4.78, 5) is 25.6. The summed E-state index contributed by atoms with van der Waals surface area (Å²) in [5, 5.41) is 0.804. The van der Waals surface area contributed by atoms with Crippen molar-refractivity contribution in [1.29, 1.82) is 0 Å². The minimum atomic E-state index is -0.570. The van der Waals surface area contributed by atoms with Crippen molar-refractivity contribution in [2.75, 3.05) is 14.2 Å². The molecule has 0 N–H and O–H groups in total. The molecule has 1 amide bonds. The second-order valence-corrected chi connectivity index (χ2v) is 5.32. The molecule has 1 aliphatic rings. The summed E-state index contributed by atoms with van der Waals surface area (Å²) in [6.07, 6.45) is 1.52. The van der Waals surface area contributed by atoms with Crippen molar-refractivity contribution in [2.24, 2.45) is 0 Å². The highest BCUT2D eigenvalue weighted by Gasteiger charge is 2.35. The van der Waals surface area contributed by atoms with Crippen molar-refractivity contribution >= 4 is 41.2 Å². The number of methoxy groups -OCH3 is 1. The first-order valence-electron chi connectivity index (χ1n) is 6.11. The van der Waals surface area contributed by atoms with E-state index in [1.807, 2.05) is 0 Å². The number of carbonyl (C=O) groups is 2. The van der Waals surface area contributed by atoms with Crippen LogP contribution in [0.5, 0.6) is 0 Å². The predicted octanol–water partition coefficient (Wildman–Crippen LogP) is 3.30. The molecule has 110 valence electrons. The molecule has 0 aromatic heterocycles. The van der Waals surface area contributed by atoms with Crippen LogP contribution in [-0.2, 0) is 14.3 Å². The number of rotatable bonds is 2. The van der Waals surface area contributed by atoms with E-state index in [1.54, 1.807) is 32.2 Å². The van der Waals surface area contributed by atoms with Crippen LogP contribution in [0.4, 0.5) is 0 Å². The molecule has 21 heavy (non-hydrogen) atoms. The zero-order valence-corrected chi connectivity index (χ0v) is 13.2. The second kappa shape index (κ2) is 5.92. The summed E-state index contributed by atoms with van der Waals surface area (Å²) in [6.45, 7) is 1.68. The van der Waals surface area contributed by atoms with E-state index in [2.05, 4.69) is 0 Å². The molecule has 0 spiro atoms. The number of esters is 1. The smallest absolute Gasteiger partial charge is 0.340 e. The van der Waals surface area contributed by atoms with Crippen LogP contribution in [0.15, 0.2) is 35.0 Å². The Bertz CT molecular complexity index is 672. The van der Waals surface area contributed by atoms with Gasteiger partial charge in [0.1, 0.15) is 0 Å². The fourth-order valence-electron chi connectivity index (χ4n) is 2.09. The Morgan fingerprint density at radius 1 is 1.29 bits per heavy atom. The lowest BCUT2D eigenvalue weighted by Gasteiger charge is -2.09. The van der Waals surface area contributed by atoms with Crippen molar-refractivity contribution in [2.45, 2.75) is 6.92 Å². The molecule has 0 unspecified atom stereocenters. The van der Waals surface area contributed by atoms with E-state index >= 15 is 0 Å². The van der Waals surface area contributed by atoms with Gasteiger partial charge in [-0.3, -0.25) is 4.79 Å². The van der Waals surface area contributed by atoms with Crippen LogP contribution in [0.25, 0.3) is 6.08 Å². The minimum Gasteiger partial charge on any atom is -0.465 e. The van der Waals surface area contributed by atoms with Crippen molar-refractivity contribution in [3.05, 3.63) is 50.7 Å². The number of carbonyl (C=O) groups excluding carboxylic acids is 2. The number of ether oxygens (including phenoxy) is 1. The van der Waals surface area contributed by atoms with Gasteiger partial charge in [0.15, 0.2) is 0 Å². The van der Waals surface area contributed by atoms with Crippen LogP contribution in [0.2, 0.25) is 10.0 Å². The maximum Gasteiger partial charge on any atom is 0.340 e. The molecule has 0 saturated carbocycles. The van der Waals surface area contributed by atoms with E-state index in [4.69, 9.17) is 27.9 Å². The van der Waals surface area contributed by atoms with Gasteiger partial charge in [-0.25, -0.2) is 4.79 Å². The molecule has 0 bridgehead atoms. The highest BCUT2D eigenvalue weighted by molar-refractivity contribution is 6.37. The minimum absolute atomic E-state index is 0.219. The van der Waals surface area contributed by atoms with Crippen molar-refractivity contribution < 1.29 is 14.3 Å². The highest BCUT2D eigenvalue weighted by Crippen LogP contribution is 2.33. The Balaban J connectivity index is 2.63. The van der Waals surface area contributed by atoms with E-state index in [0.29, 0.717) is 21.3 Å². The Labute approximate surface area is 132 Å². The average molecular weight is 326 g/mol. The molecule has 1 heterocycles. The third-order valence-electron chi connectivity index (χ3n) is 3.35. The van der Waals surface area contributed by atoms with Crippen LogP contribution in [-0.4, -0.2) is 30.9 Å². The molecule has 1 aromatic rings. The fraction of sp³-hybridized carbons (Fsp3) is 0.200. The summed E-state index contributed by atoms with van der Waals surface area (Å²) in [5.74, 6) is -0.872. The Hall–Kier alpha value is -1.78. The van der Waals surface area contributed by atoms with Crippen LogP contribution < -0.4 is 0 Å². The molecule has 0 saturated heterocycles. The highest BCUT2D eigenvalue weighted by atomic mass is 35.5. The largest absolute Gasteiger partial charge is 0.465 e. The Kier molecular flexibility index (Phi) is 4.40. The van der Waals surface area contributed by atoms with E-state index in [0.717, 1.165) is 0 Å². The quantitative estimate of drug-likeness (QED) is 0.619. The maximum atomic E-state index is 12.3. The number of halogens is 2. The number of amides is 1. The number of nitrogens with zero attached hydrogens (tertiary/aromatic N) is 1. The molecule has 0 radical (unpaired) electrons. The van der Waals surface area contributed by atoms with Gasteiger partial charge in [-0.05, 0) is 25.1 Å². The van der Waals surface area contributed by atoms with Gasteiger partial charge in [-0.2, -0.15) is 0 Å². The molecule has 1 aromatic carbocycles.